The van der Waals surface area contributed by atoms with Crippen molar-refractivity contribution in [3.63, 3.8) is 0 Å². The average Bonchev–Trinajstić information content (AvgIpc) is 3.62. The minimum absolute atomic E-state index is 0.000957. The van der Waals surface area contributed by atoms with Gasteiger partial charge in [-0.25, -0.2) is 8.78 Å². The van der Waals surface area contributed by atoms with Gasteiger partial charge in [0.1, 0.15) is 17.5 Å². The van der Waals surface area contributed by atoms with Gasteiger partial charge in [-0.1, -0.05) is 36.4 Å². The number of anilines is 1. The van der Waals surface area contributed by atoms with Gasteiger partial charge in [-0.15, -0.1) is 0 Å². The van der Waals surface area contributed by atoms with Crippen molar-refractivity contribution in [3.8, 4) is 29.3 Å². The molecule has 4 heterocycles. The number of benzene rings is 3. The van der Waals surface area contributed by atoms with E-state index in [9.17, 15) is 9.65 Å². The van der Waals surface area contributed by atoms with Gasteiger partial charge in [-0.2, -0.15) is 20.5 Å². The number of aromatic nitrogens is 2. The fourth-order valence-corrected chi connectivity index (χ4v) is 6.62. The Hall–Kier alpha value is -4.38. The number of hydrogen-bond acceptors (Lipinski definition) is 8. The molecule has 3 aromatic carbocycles. The highest BCUT2D eigenvalue weighted by Gasteiger charge is 2.34. The molecule has 0 spiro atoms. The lowest BCUT2D eigenvalue weighted by Gasteiger charge is -2.34. The summed E-state index contributed by atoms with van der Waals surface area (Å²) in [5.74, 6) is 0.0794. The van der Waals surface area contributed by atoms with Crippen molar-refractivity contribution in [3.05, 3.63) is 59.9 Å². The van der Waals surface area contributed by atoms with Crippen LogP contribution in [0.4, 0.5) is 14.6 Å². The van der Waals surface area contributed by atoms with Gasteiger partial charge in [-0.05, 0) is 48.9 Å². The molecule has 8 nitrogen and oxygen atoms in total. The van der Waals surface area contributed by atoms with Crippen LogP contribution in [-0.4, -0.2) is 73.0 Å². The van der Waals surface area contributed by atoms with Gasteiger partial charge in [0.25, 0.3) is 0 Å². The number of nitrogens with zero attached hydrogens (tertiary/aromatic N) is 6. The second-order valence-corrected chi connectivity index (χ2v) is 11.3. The number of rotatable bonds is 4. The van der Waals surface area contributed by atoms with E-state index in [1.165, 1.54) is 20.0 Å². The lowest BCUT2D eigenvalue weighted by Crippen LogP contribution is -2.50. The summed E-state index contributed by atoms with van der Waals surface area (Å²) in [6, 6.07) is 19.7. The van der Waals surface area contributed by atoms with Crippen molar-refractivity contribution >= 4 is 27.5 Å². The van der Waals surface area contributed by atoms with Crippen molar-refractivity contribution < 1.29 is 13.5 Å². The van der Waals surface area contributed by atoms with Crippen molar-refractivity contribution in [1.82, 2.24) is 20.2 Å². The van der Waals surface area contributed by atoms with E-state index in [0.717, 1.165) is 18.4 Å². The number of methoxy groups -OCH3 is 1. The highest BCUT2D eigenvalue weighted by Crippen LogP contribution is 2.37. The zero-order valence-electron chi connectivity index (χ0n) is 24.1. The third-order valence-electron chi connectivity index (χ3n) is 8.62. The molecule has 3 atom stereocenters. The van der Waals surface area contributed by atoms with Gasteiger partial charge in [0, 0.05) is 54.6 Å². The maximum atomic E-state index is 16.1. The SMILES string of the molecule is COc1nc(N2CCNC(CC#N)C2)c2ccc(-c3cccc4cccc(C#N)c34)c(F)c2n1.FC1CC2CCCN2C1. The molecule has 0 bridgehead atoms. The van der Waals surface area contributed by atoms with Gasteiger partial charge >= 0.3 is 6.01 Å². The molecule has 7 rings (SSSR count). The van der Waals surface area contributed by atoms with Crippen LogP contribution in [-0.2, 0) is 0 Å². The van der Waals surface area contributed by atoms with E-state index in [1.54, 1.807) is 12.1 Å². The molecule has 43 heavy (non-hydrogen) atoms. The molecule has 3 unspecified atom stereocenters. The smallest absolute Gasteiger partial charge is 0.318 e. The molecular formula is C33H33F2N7O. The summed E-state index contributed by atoms with van der Waals surface area (Å²) >= 11 is 0. The number of fused-ring (bicyclic) bond motifs is 3. The minimum atomic E-state index is -0.518. The van der Waals surface area contributed by atoms with E-state index >= 15 is 4.39 Å². The van der Waals surface area contributed by atoms with Gasteiger partial charge in [0.05, 0.1) is 31.2 Å². The van der Waals surface area contributed by atoms with Gasteiger partial charge < -0.3 is 15.0 Å². The highest BCUT2D eigenvalue weighted by atomic mass is 19.1. The predicted octanol–water partition coefficient (Wildman–Crippen LogP) is 5.35. The molecule has 3 aliphatic rings. The van der Waals surface area contributed by atoms with Crippen molar-refractivity contribution in [2.45, 2.75) is 43.9 Å². The maximum Gasteiger partial charge on any atom is 0.318 e. The summed E-state index contributed by atoms with van der Waals surface area (Å²) in [7, 11) is 1.45. The topological polar surface area (TPSA) is 101 Å². The molecule has 3 fully saturated rings. The van der Waals surface area contributed by atoms with Gasteiger partial charge in [-0.3, -0.25) is 4.90 Å². The third kappa shape index (κ3) is 5.69. The van der Waals surface area contributed by atoms with Crippen molar-refractivity contribution in [2.75, 3.05) is 44.7 Å². The minimum Gasteiger partial charge on any atom is -0.467 e. The normalized spacial score (nSPS) is 21.6. The van der Waals surface area contributed by atoms with Crippen molar-refractivity contribution in [2.24, 2.45) is 0 Å². The first-order valence-electron chi connectivity index (χ1n) is 14.7. The largest absolute Gasteiger partial charge is 0.467 e. The molecule has 0 saturated carbocycles. The number of piperazine rings is 1. The Kier molecular flexibility index (Phi) is 8.33. The van der Waals surface area contributed by atoms with E-state index in [0.29, 0.717) is 71.9 Å². The summed E-state index contributed by atoms with van der Waals surface area (Å²) in [5.41, 5.74) is 1.62. The second kappa shape index (κ2) is 12.5. The van der Waals surface area contributed by atoms with Crippen LogP contribution in [0.5, 0.6) is 6.01 Å². The average molecular weight is 582 g/mol. The van der Waals surface area contributed by atoms with Gasteiger partial charge in [0.2, 0.25) is 0 Å². The van der Waals surface area contributed by atoms with Crippen LogP contribution in [0.3, 0.4) is 0 Å². The summed E-state index contributed by atoms with van der Waals surface area (Å²) < 4.78 is 34.0. The molecular weight excluding hydrogens is 548 g/mol. The number of ether oxygens (including phenoxy) is 1. The van der Waals surface area contributed by atoms with Crippen LogP contribution in [0.15, 0.2) is 48.5 Å². The van der Waals surface area contributed by atoms with E-state index in [4.69, 9.17) is 10.00 Å². The maximum absolute atomic E-state index is 16.1. The second-order valence-electron chi connectivity index (χ2n) is 11.3. The molecule has 3 saturated heterocycles. The van der Waals surface area contributed by atoms with Crippen LogP contribution in [0.1, 0.15) is 31.2 Å². The molecule has 10 heteroatoms. The Bertz CT molecular complexity index is 1720. The van der Waals surface area contributed by atoms with Crippen LogP contribution >= 0.6 is 0 Å². The van der Waals surface area contributed by atoms with Gasteiger partial charge in [0.15, 0.2) is 5.82 Å². The van der Waals surface area contributed by atoms with E-state index in [1.807, 2.05) is 41.3 Å². The molecule has 1 N–H and O–H groups in total. The zero-order valence-corrected chi connectivity index (χ0v) is 24.1. The molecule has 0 aliphatic carbocycles. The predicted molar refractivity (Wildman–Crippen MR) is 162 cm³/mol. The Morgan fingerprint density at radius 1 is 1.05 bits per heavy atom. The number of halogens is 2. The Morgan fingerprint density at radius 2 is 1.88 bits per heavy atom. The van der Waals surface area contributed by atoms with Crippen LogP contribution < -0.4 is 15.0 Å². The fourth-order valence-electron chi connectivity index (χ4n) is 6.62. The lowest BCUT2D eigenvalue weighted by molar-refractivity contribution is 0.292. The first kappa shape index (κ1) is 28.7. The first-order chi connectivity index (χ1) is 21.0. The van der Waals surface area contributed by atoms with E-state index in [-0.39, 0.29) is 17.6 Å². The molecule has 0 amide bonds. The first-order valence-corrected chi connectivity index (χ1v) is 14.7. The third-order valence-corrected chi connectivity index (χ3v) is 8.62. The Morgan fingerprint density at radius 3 is 2.65 bits per heavy atom. The summed E-state index contributed by atoms with van der Waals surface area (Å²) in [6.07, 6.45) is 3.19. The van der Waals surface area contributed by atoms with Crippen LogP contribution in [0.25, 0.3) is 32.8 Å². The fraction of sp³-hybridized carbons (Fsp3) is 0.394. The molecule has 4 aromatic rings. The Labute approximate surface area is 249 Å². The highest BCUT2D eigenvalue weighted by molar-refractivity contribution is 6.03. The van der Waals surface area contributed by atoms with Crippen LogP contribution in [0.2, 0.25) is 0 Å². The molecule has 1 aromatic heterocycles. The summed E-state index contributed by atoms with van der Waals surface area (Å²) in [4.78, 5) is 13.2. The summed E-state index contributed by atoms with van der Waals surface area (Å²) in [5, 5.41) is 24.2. The summed E-state index contributed by atoms with van der Waals surface area (Å²) in [6.45, 7) is 3.78. The zero-order chi connectivity index (χ0) is 29.9. The molecule has 0 radical (unpaired) electrons. The number of alkyl halides is 1. The number of hydrogen-bond donors (Lipinski definition) is 1. The van der Waals surface area contributed by atoms with E-state index in [2.05, 4.69) is 32.3 Å². The molecule has 3 aliphatic heterocycles. The quantitative estimate of drug-likeness (QED) is 0.344. The number of nitrogens with one attached hydrogen (secondary N) is 1. The Balaban J connectivity index is 0.000000310. The van der Waals surface area contributed by atoms with Crippen LogP contribution in [0, 0.1) is 28.5 Å². The number of nitriles is 2. The monoisotopic (exact) mass is 581 g/mol. The lowest BCUT2D eigenvalue weighted by atomic mass is 9.94. The standard InChI is InChI=1S/C26H21FN6O.C7H12FN/c1-34-26-31-24-21(25(32-26)33-13-12-30-18(15-33)10-11-28)9-8-20(23(24)27)19-7-3-5-16-4-2-6-17(14-29)22(16)19;8-6-4-7-2-1-3-9(7)5-6/h2-9,18,30H,10,12-13,15H2,1H3;6-7H,1-5H2. The molecule has 220 valence electrons. The van der Waals surface area contributed by atoms with E-state index < -0.39 is 12.0 Å². The van der Waals surface area contributed by atoms with Crippen molar-refractivity contribution in [1.29, 1.82) is 10.5 Å².